The van der Waals surface area contributed by atoms with Gasteiger partial charge in [-0.3, -0.25) is 27.6 Å². The molecule has 0 spiro atoms. The molecule has 1 aromatic heterocycles. The van der Waals surface area contributed by atoms with E-state index in [9.17, 15) is 74.8 Å². The highest BCUT2D eigenvalue weighted by Gasteiger charge is 2.28. The van der Waals surface area contributed by atoms with Crippen LogP contribution in [0.1, 0.15) is 0 Å². The maximum absolute atomic E-state index is 12.5. The topological polar surface area (TPSA) is 435 Å². The van der Waals surface area contributed by atoms with Crippen LogP contribution < -0.4 is 21.7 Å². The number of nitrogens with two attached hydrogens (primary N) is 1. The Kier molecular flexibility index (Phi) is 12.2. The number of carbonyl (C=O) groups is 1. The average Bonchev–Trinajstić information content (AvgIpc) is 3.09. The number of aromatic nitrogens is 3. The highest BCUT2D eigenvalue weighted by atomic mass is 35.5. The van der Waals surface area contributed by atoms with Gasteiger partial charge in [-0.2, -0.15) is 57.0 Å². The molecule has 0 atom stereocenters. The van der Waals surface area contributed by atoms with E-state index in [2.05, 4.69) is 42.4 Å². The summed E-state index contributed by atoms with van der Waals surface area (Å²) in [5, 5.41) is 23.0. The summed E-state index contributed by atoms with van der Waals surface area (Å²) in [6.07, 6.45) is 0. The van der Waals surface area contributed by atoms with Crippen molar-refractivity contribution in [3.63, 3.8) is 0 Å². The molecule has 320 valence electrons. The molecule has 0 aliphatic carbocycles. The van der Waals surface area contributed by atoms with Gasteiger partial charge in [0, 0.05) is 11.8 Å². The number of hydrogen-bond donors (Lipinski definition) is 10. The number of nitrogens with zero attached hydrogens (tertiary/aromatic N) is 5. The normalized spacial score (nSPS) is 12.7. The number of carbonyl (C=O) groups excluding carboxylic acids is 1. The van der Waals surface area contributed by atoms with Gasteiger partial charge in [-0.05, 0) is 64.9 Å². The first-order valence-electron chi connectivity index (χ1n) is 15.3. The zero-order valence-electron chi connectivity index (χ0n) is 29.3. The average molecular weight is 962 g/mol. The fourth-order valence-corrected chi connectivity index (χ4v) is 8.32. The van der Waals surface area contributed by atoms with Crippen LogP contribution in [0.5, 0.6) is 5.75 Å². The molecule has 5 rings (SSSR count). The number of phenols is 1. The van der Waals surface area contributed by atoms with Crippen molar-refractivity contribution >= 4 is 133 Å². The van der Waals surface area contributed by atoms with Gasteiger partial charge in [0.25, 0.3) is 50.6 Å². The SMILES string of the molecule is [B]C(=C)C(=O)Nc1cc(S(=O)(=O)O)c(Nc2nc(Cl)nc(Nc3ccc(N=Nc4c(N)c(S(=O)(=O)O)cc5cc(S(=O)(=O)O)cc(O)c45)c(S(=O)(=O)O)c3)n2)cc1S(=O)(=O)O. The van der Waals surface area contributed by atoms with E-state index in [1.54, 1.807) is 0 Å². The van der Waals surface area contributed by atoms with Gasteiger partial charge in [0.1, 0.15) is 44.6 Å². The van der Waals surface area contributed by atoms with E-state index in [4.69, 9.17) is 25.2 Å². The first-order valence-corrected chi connectivity index (χ1v) is 22.8. The minimum atomic E-state index is -5.29. The number of nitrogens with one attached hydrogen (secondary N) is 3. The second kappa shape index (κ2) is 16.2. The fraction of sp³-hybridized carbons (Fsp3) is 0. The molecule has 1 heterocycles. The summed E-state index contributed by atoms with van der Waals surface area (Å²) in [6.45, 7) is 3.13. The molecule has 0 saturated carbocycles. The van der Waals surface area contributed by atoms with E-state index in [-0.39, 0.29) is 5.69 Å². The number of anilines is 6. The monoisotopic (exact) mass is 961 g/mol. The Bertz CT molecular complexity index is 3360. The lowest BCUT2D eigenvalue weighted by Crippen LogP contribution is -2.17. The van der Waals surface area contributed by atoms with Crippen molar-refractivity contribution in [3.8, 4) is 5.75 Å². The van der Waals surface area contributed by atoms with Crippen molar-refractivity contribution in [1.29, 1.82) is 0 Å². The van der Waals surface area contributed by atoms with E-state index in [0.717, 1.165) is 12.1 Å². The summed E-state index contributed by atoms with van der Waals surface area (Å²) in [7, 11) is -20.7. The largest absolute Gasteiger partial charge is 0.507 e. The molecule has 2 radical (unpaired) electrons. The number of phenolic OH excluding ortho intramolecular Hbond substituents is 1. The Morgan fingerprint density at radius 2 is 1.23 bits per heavy atom. The fourth-order valence-electron chi connectivity index (χ4n) is 5.01. The van der Waals surface area contributed by atoms with Gasteiger partial charge >= 0.3 is 0 Å². The van der Waals surface area contributed by atoms with Crippen LogP contribution in [0.25, 0.3) is 10.8 Å². The van der Waals surface area contributed by atoms with Gasteiger partial charge in [-0.25, -0.2) is 0 Å². The highest BCUT2D eigenvalue weighted by molar-refractivity contribution is 7.87. The zero-order valence-corrected chi connectivity index (χ0v) is 34.1. The van der Waals surface area contributed by atoms with Crippen molar-refractivity contribution in [2.24, 2.45) is 10.2 Å². The molecule has 61 heavy (non-hydrogen) atoms. The Morgan fingerprint density at radius 3 is 1.77 bits per heavy atom. The molecule has 0 fully saturated rings. The number of aromatic hydroxyl groups is 1. The summed E-state index contributed by atoms with van der Waals surface area (Å²) in [6, 6.07) is 5.35. The van der Waals surface area contributed by atoms with Crippen LogP contribution in [0.4, 0.5) is 46.0 Å². The summed E-state index contributed by atoms with van der Waals surface area (Å²) in [4.78, 5) is 18.1. The van der Waals surface area contributed by atoms with E-state index in [0.29, 0.717) is 36.4 Å². The van der Waals surface area contributed by atoms with Gasteiger partial charge in [0.2, 0.25) is 23.1 Å². The summed E-state index contributed by atoms with van der Waals surface area (Å²) < 4.78 is 171. The second-order valence-electron chi connectivity index (χ2n) is 11.8. The van der Waals surface area contributed by atoms with Crippen molar-refractivity contribution in [1.82, 2.24) is 15.0 Å². The number of azo groups is 1. The van der Waals surface area contributed by atoms with Crippen LogP contribution in [-0.4, -0.2) is 98.7 Å². The van der Waals surface area contributed by atoms with Gasteiger partial charge in [0.05, 0.1) is 27.3 Å². The van der Waals surface area contributed by atoms with Crippen LogP contribution in [0.2, 0.25) is 5.28 Å². The molecule has 26 nitrogen and oxygen atoms in total. The van der Waals surface area contributed by atoms with Crippen LogP contribution >= 0.6 is 11.6 Å². The summed E-state index contributed by atoms with van der Waals surface area (Å²) in [5.41, 5.74) is 0.892. The van der Waals surface area contributed by atoms with Crippen molar-refractivity contribution < 1.29 is 74.8 Å². The van der Waals surface area contributed by atoms with Gasteiger partial charge in [-0.15, -0.1) is 16.8 Å². The molecule has 11 N–H and O–H groups in total. The smallest absolute Gasteiger partial charge is 0.296 e. The number of rotatable bonds is 13. The van der Waals surface area contributed by atoms with E-state index in [1.165, 1.54) is 0 Å². The number of hydrogen-bond acceptors (Lipinski definition) is 20. The quantitative estimate of drug-likeness (QED) is 0.0266. The van der Waals surface area contributed by atoms with Crippen molar-refractivity contribution in [2.45, 2.75) is 24.5 Å². The Morgan fingerprint density at radius 1 is 0.689 bits per heavy atom. The molecule has 0 bridgehead atoms. The molecule has 5 aromatic rings. The number of fused-ring (bicyclic) bond motifs is 1. The second-order valence-corrected chi connectivity index (χ2v) is 19.1. The standard InChI is InChI=1S/C28H21BClN9O17S5/c1-10(29)25(41)33-15-8-20(60(51,52)53)16(9-19(15)59(48,49)50)34-28-36-26(30)35-27(37-28)32-12-2-3-14(18(6-12)58(45,46)47)38-39-24-22-11(5-21(23(24)31)61(54,55)56)4-13(7-17(22)40)57(42,43)44/h2-9,40H,1,31H2,(H,33,41)(H,42,43,44)(H,45,46,47)(H,48,49,50)(H,51,52,53)(H,54,55,56)(H2,32,34,35,36,37). The lowest BCUT2D eigenvalue weighted by Gasteiger charge is -2.16. The van der Waals surface area contributed by atoms with Gasteiger partial charge < -0.3 is 26.8 Å². The van der Waals surface area contributed by atoms with E-state index < -0.39 is 149 Å². The molecular weight excluding hydrogens is 941 g/mol. The number of halogens is 1. The molecule has 33 heteroatoms. The lowest BCUT2D eigenvalue weighted by atomic mass is 9.97. The molecule has 0 unspecified atom stereocenters. The van der Waals surface area contributed by atoms with Crippen LogP contribution in [0.3, 0.4) is 0 Å². The predicted molar refractivity (Wildman–Crippen MR) is 211 cm³/mol. The molecule has 0 aliphatic heterocycles. The molecule has 0 aliphatic rings. The molecule has 1 amide bonds. The maximum Gasteiger partial charge on any atom is 0.296 e. The first kappa shape index (κ1) is 46.1. The molecule has 4 aromatic carbocycles. The minimum absolute atomic E-state index is 0.289. The summed E-state index contributed by atoms with van der Waals surface area (Å²) >= 11 is 5.99. The van der Waals surface area contributed by atoms with Crippen molar-refractivity contribution in [2.75, 3.05) is 21.7 Å². The minimum Gasteiger partial charge on any atom is -0.507 e. The molecular formula is C28H21BClN9O17S5. The summed E-state index contributed by atoms with van der Waals surface area (Å²) in [5.74, 6) is -3.46. The Labute approximate surface area is 348 Å². The van der Waals surface area contributed by atoms with Gasteiger partial charge in [-0.1, -0.05) is 0 Å². The third kappa shape index (κ3) is 10.5. The zero-order chi connectivity index (χ0) is 45.8. The highest BCUT2D eigenvalue weighted by Crippen LogP contribution is 2.44. The molecule has 0 saturated heterocycles. The number of benzene rings is 4. The van der Waals surface area contributed by atoms with Crippen LogP contribution in [-0.2, 0) is 55.4 Å². The van der Waals surface area contributed by atoms with E-state index >= 15 is 0 Å². The Hall–Kier alpha value is -5.94. The number of nitrogen functional groups attached to an aromatic ring is 1. The third-order valence-corrected chi connectivity index (χ3v) is 12.1. The van der Waals surface area contributed by atoms with E-state index in [1.807, 2.05) is 5.32 Å². The number of amides is 1. The third-order valence-electron chi connectivity index (χ3n) is 7.52. The van der Waals surface area contributed by atoms with Gasteiger partial charge in [0.15, 0.2) is 0 Å². The predicted octanol–water partition coefficient (Wildman–Crippen LogP) is 2.72. The lowest BCUT2D eigenvalue weighted by molar-refractivity contribution is -0.112. The van der Waals surface area contributed by atoms with Crippen LogP contribution in [0, 0.1) is 0 Å². The first-order chi connectivity index (χ1) is 27.8. The maximum atomic E-state index is 12.5. The Balaban J connectivity index is 1.58. The van der Waals surface area contributed by atoms with Crippen LogP contribution in [0.15, 0.2) is 95.3 Å². The van der Waals surface area contributed by atoms with Crippen molar-refractivity contribution in [3.05, 3.63) is 65.9 Å².